The maximum atomic E-state index is 11.3. The molecule has 6 heteroatoms. The predicted molar refractivity (Wildman–Crippen MR) is 141 cm³/mol. The van der Waals surface area contributed by atoms with E-state index in [0.29, 0.717) is 11.8 Å². The van der Waals surface area contributed by atoms with Crippen LogP contribution in [-0.2, 0) is 16.1 Å². The van der Waals surface area contributed by atoms with Crippen LogP contribution in [0.15, 0.2) is 42.1 Å². The molecular weight excluding hydrogens is 420 g/mol. The Labute approximate surface area is 202 Å². The summed E-state index contributed by atoms with van der Waals surface area (Å²) in [4.78, 5) is 11.2. The first kappa shape index (κ1) is 32.7. The fraction of sp³-hybridized carbons (Fsp3) is 0.654. The molecule has 0 saturated heterocycles. The van der Waals surface area contributed by atoms with Gasteiger partial charge in [0.1, 0.15) is 6.61 Å². The van der Waals surface area contributed by atoms with Crippen molar-refractivity contribution >= 4 is 18.6 Å². The molecule has 186 valence electrons. The third-order valence-corrected chi connectivity index (χ3v) is 4.24. The topological polar surface area (TPSA) is 84.6 Å². The fourth-order valence-electron chi connectivity index (χ4n) is 2.78. The van der Waals surface area contributed by atoms with Crippen molar-refractivity contribution < 1.29 is 14.6 Å². The number of hydrogen-bond acceptors (Lipinski definition) is 6. The van der Waals surface area contributed by atoms with Crippen LogP contribution in [0.1, 0.15) is 86.6 Å². The Morgan fingerprint density at radius 1 is 1.22 bits per heavy atom. The molecule has 0 aliphatic rings. The first-order valence-electron chi connectivity index (χ1n) is 11.5. The molecule has 0 saturated carbocycles. The van der Waals surface area contributed by atoms with Crippen LogP contribution in [0.25, 0.3) is 0 Å². The van der Waals surface area contributed by atoms with Crippen molar-refractivity contribution in [3.05, 3.63) is 47.7 Å². The van der Waals surface area contributed by atoms with Gasteiger partial charge in [-0.2, -0.15) is 12.6 Å². The number of carbonyl (C=O) groups excluding carboxylic acids is 1. The van der Waals surface area contributed by atoms with E-state index >= 15 is 0 Å². The molecule has 0 spiro atoms. The predicted octanol–water partition coefficient (Wildman–Crippen LogP) is 5.83. The zero-order chi connectivity index (χ0) is 25.2. The van der Waals surface area contributed by atoms with Gasteiger partial charge in [-0.25, -0.2) is 0 Å². The number of aliphatic hydroxyl groups is 1. The number of nitrogens with one attached hydrogen (secondary N) is 1. The lowest BCUT2D eigenvalue weighted by atomic mass is 9.88. The Morgan fingerprint density at radius 3 is 2.19 bits per heavy atom. The number of benzene rings is 1. The van der Waals surface area contributed by atoms with E-state index in [-0.39, 0.29) is 36.5 Å². The highest BCUT2D eigenvalue weighted by Crippen LogP contribution is 2.30. The van der Waals surface area contributed by atoms with Crippen LogP contribution in [0, 0.1) is 5.41 Å². The summed E-state index contributed by atoms with van der Waals surface area (Å²) in [5.74, 6) is -0.284. The average molecular weight is 469 g/mol. The summed E-state index contributed by atoms with van der Waals surface area (Å²) in [6.07, 6.45) is 5.05. The molecule has 0 fully saturated rings. The van der Waals surface area contributed by atoms with Gasteiger partial charge in [0.05, 0.1) is 11.5 Å². The van der Waals surface area contributed by atoms with Gasteiger partial charge in [0.2, 0.25) is 0 Å². The van der Waals surface area contributed by atoms with Crippen LogP contribution in [0.5, 0.6) is 0 Å². The van der Waals surface area contributed by atoms with E-state index in [1.165, 1.54) is 12.1 Å². The van der Waals surface area contributed by atoms with Gasteiger partial charge in [0.25, 0.3) is 0 Å². The molecule has 1 aromatic rings. The fourth-order valence-corrected chi connectivity index (χ4v) is 3.43. The number of carbonyl (C=O) groups is 1. The number of thiol groups is 1. The largest absolute Gasteiger partial charge is 0.461 e. The Hall–Kier alpha value is -1.50. The summed E-state index contributed by atoms with van der Waals surface area (Å²) in [6, 6.07) is 9.14. The minimum atomic E-state index is -0.343. The highest BCUT2D eigenvalue weighted by atomic mass is 32.1. The molecule has 5 nitrogen and oxygen atoms in total. The summed E-state index contributed by atoms with van der Waals surface area (Å²) < 4.78 is 5.05. The van der Waals surface area contributed by atoms with Gasteiger partial charge < -0.3 is 20.9 Å². The smallest absolute Gasteiger partial charge is 0.306 e. The summed E-state index contributed by atoms with van der Waals surface area (Å²) in [5.41, 5.74) is 7.92. The van der Waals surface area contributed by atoms with E-state index in [2.05, 4.69) is 72.5 Å². The maximum Gasteiger partial charge on any atom is 0.306 e. The summed E-state index contributed by atoms with van der Waals surface area (Å²) >= 11 is 4.62. The van der Waals surface area contributed by atoms with E-state index in [1.807, 2.05) is 37.3 Å². The van der Waals surface area contributed by atoms with Crippen molar-refractivity contribution in [2.24, 2.45) is 11.1 Å². The average Bonchev–Trinajstić information content (AvgIpc) is 2.70. The van der Waals surface area contributed by atoms with Gasteiger partial charge in [-0.05, 0) is 44.6 Å². The number of allylic oxidation sites excluding steroid dienone is 2. The molecule has 1 unspecified atom stereocenters. The number of hydrogen-bond donors (Lipinski definition) is 4. The second kappa shape index (κ2) is 18.0. The van der Waals surface area contributed by atoms with Crippen molar-refractivity contribution in [2.75, 3.05) is 6.61 Å². The molecular formula is C26H48N2O3S. The van der Waals surface area contributed by atoms with Crippen LogP contribution in [0.3, 0.4) is 0 Å². The van der Waals surface area contributed by atoms with Crippen LogP contribution in [0.2, 0.25) is 0 Å². The van der Waals surface area contributed by atoms with Gasteiger partial charge in [-0.15, -0.1) is 0 Å². The SMILES string of the molecule is CC=C(C)NC(C)(S)CC(C)(C)C.CCC.N[C@H](CO)CCC(=O)OCc1ccccc1. The van der Waals surface area contributed by atoms with Crippen molar-refractivity contribution in [3.8, 4) is 0 Å². The Bertz CT molecular complexity index is 626. The molecule has 0 heterocycles. The number of esters is 1. The number of rotatable bonds is 9. The minimum Gasteiger partial charge on any atom is -0.461 e. The molecule has 0 amide bonds. The third kappa shape index (κ3) is 21.7. The lowest BCUT2D eigenvalue weighted by molar-refractivity contribution is -0.145. The van der Waals surface area contributed by atoms with E-state index in [4.69, 9.17) is 15.6 Å². The quantitative estimate of drug-likeness (QED) is 0.208. The molecule has 0 aromatic heterocycles. The molecule has 0 aliphatic carbocycles. The van der Waals surface area contributed by atoms with E-state index < -0.39 is 0 Å². The minimum absolute atomic E-state index is 0.105. The maximum absolute atomic E-state index is 11.3. The van der Waals surface area contributed by atoms with Crippen LogP contribution < -0.4 is 11.1 Å². The molecule has 1 aromatic carbocycles. The third-order valence-electron chi connectivity index (χ3n) is 3.97. The zero-order valence-electron chi connectivity index (χ0n) is 21.6. The van der Waals surface area contributed by atoms with Gasteiger partial charge in [0.15, 0.2) is 0 Å². The number of ether oxygens (including phenoxy) is 1. The Kier molecular flexibility index (Phi) is 18.4. The first-order chi connectivity index (χ1) is 14.8. The highest BCUT2D eigenvalue weighted by Gasteiger charge is 2.25. The molecule has 0 radical (unpaired) electrons. The zero-order valence-corrected chi connectivity index (χ0v) is 22.5. The molecule has 4 N–H and O–H groups in total. The summed E-state index contributed by atoms with van der Waals surface area (Å²) in [7, 11) is 0. The standard InChI is InChI=1S/C12H17NO3.C11H23NS.C3H8/c13-11(8-14)6-7-12(15)16-9-10-4-2-1-3-5-10;1-7-9(2)12-11(6,13)8-10(3,4)5;1-3-2/h1-5,11,14H,6-9,13H2;7,12-13H,8H2,1-6H3;3H2,1-2H3/t11-;;/m0../s1. The van der Waals surface area contributed by atoms with Crippen LogP contribution >= 0.6 is 12.6 Å². The second-order valence-corrected chi connectivity index (χ2v) is 10.4. The monoisotopic (exact) mass is 468 g/mol. The number of nitrogens with two attached hydrogens (primary N) is 1. The van der Waals surface area contributed by atoms with Crippen molar-refractivity contribution in [2.45, 2.75) is 98.6 Å². The summed E-state index contributed by atoms with van der Waals surface area (Å²) in [5, 5.41) is 12.1. The van der Waals surface area contributed by atoms with Crippen molar-refractivity contribution in [1.82, 2.24) is 5.32 Å². The van der Waals surface area contributed by atoms with Crippen molar-refractivity contribution in [3.63, 3.8) is 0 Å². The van der Waals surface area contributed by atoms with E-state index in [9.17, 15) is 4.79 Å². The second-order valence-electron chi connectivity index (χ2n) is 9.44. The van der Waals surface area contributed by atoms with Gasteiger partial charge in [-0.1, -0.05) is 77.4 Å². The van der Waals surface area contributed by atoms with Gasteiger partial charge in [0, 0.05) is 18.2 Å². The van der Waals surface area contributed by atoms with Gasteiger partial charge in [-0.3, -0.25) is 4.79 Å². The Morgan fingerprint density at radius 2 is 1.75 bits per heavy atom. The Balaban J connectivity index is 0. The van der Waals surface area contributed by atoms with Crippen LogP contribution in [0.4, 0.5) is 0 Å². The van der Waals surface area contributed by atoms with Gasteiger partial charge >= 0.3 is 5.97 Å². The number of aliphatic hydroxyl groups excluding tert-OH is 1. The van der Waals surface area contributed by atoms with E-state index in [1.54, 1.807) is 0 Å². The molecule has 1 rings (SSSR count). The van der Waals surface area contributed by atoms with Crippen molar-refractivity contribution in [1.29, 1.82) is 0 Å². The molecule has 32 heavy (non-hydrogen) atoms. The lowest BCUT2D eigenvalue weighted by Gasteiger charge is -2.33. The van der Waals surface area contributed by atoms with Crippen LogP contribution in [-0.4, -0.2) is 28.6 Å². The molecule has 2 atom stereocenters. The normalized spacial score (nSPS) is 14.0. The molecule has 0 bridgehead atoms. The van der Waals surface area contributed by atoms with E-state index in [0.717, 1.165) is 12.0 Å². The summed E-state index contributed by atoms with van der Waals surface area (Å²) in [6.45, 7) is 17.3. The lowest BCUT2D eigenvalue weighted by Crippen LogP contribution is -2.38. The highest BCUT2D eigenvalue weighted by molar-refractivity contribution is 7.81. The molecule has 0 aliphatic heterocycles. The first-order valence-corrected chi connectivity index (χ1v) is 11.9.